The summed E-state index contributed by atoms with van der Waals surface area (Å²) in [6.45, 7) is 8.86. The molecule has 0 radical (unpaired) electrons. The molecular weight excluding hydrogens is 302 g/mol. The van der Waals surface area contributed by atoms with Crippen molar-refractivity contribution in [3.05, 3.63) is 23.7 Å². The minimum atomic E-state index is -0.609. The lowest BCUT2D eigenvalue weighted by Crippen LogP contribution is -2.35. The Morgan fingerprint density at radius 2 is 2.36 bits per heavy atom. The number of ether oxygens (including phenoxy) is 1. The van der Waals surface area contributed by atoms with Crippen molar-refractivity contribution in [2.75, 3.05) is 19.7 Å². The van der Waals surface area contributed by atoms with E-state index in [1.165, 1.54) is 17.5 Å². The Labute approximate surface area is 135 Å². The number of nitrogens with zero attached hydrogens (tertiary/aromatic N) is 1. The van der Waals surface area contributed by atoms with E-state index in [0.29, 0.717) is 29.2 Å². The molecule has 0 aliphatic carbocycles. The number of carbonyl (C=O) groups excluding carboxylic acids is 1. The average Bonchev–Trinajstić information content (AvgIpc) is 2.96. The van der Waals surface area contributed by atoms with Crippen molar-refractivity contribution in [2.24, 2.45) is 0 Å². The molecule has 1 heterocycles. The van der Waals surface area contributed by atoms with E-state index < -0.39 is 6.10 Å². The standard InChI is InChI=1S/C15H25N3O3S/c1-4-5-6-7-16-14(20)13-9-18-15(22-13)21-10-12(19)8-17-11(2)3/h4,9,11-12,17,19H,1,5-8,10H2,2-3H3,(H,16,20). The Morgan fingerprint density at radius 1 is 1.59 bits per heavy atom. The van der Waals surface area contributed by atoms with Gasteiger partial charge in [-0.15, -0.1) is 6.58 Å². The van der Waals surface area contributed by atoms with Crippen molar-refractivity contribution in [3.8, 4) is 5.19 Å². The summed E-state index contributed by atoms with van der Waals surface area (Å²) in [6.07, 6.45) is 4.44. The van der Waals surface area contributed by atoms with Crippen LogP contribution in [0.2, 0.25) is 0 Å². The summed E-state index contributed by atoms with van der Waals surface area (Å²) in [7, 11) is 0. The maximum atomic E-state index is 11.9. The smallest absolute Gasteiger partial charge is 0.273 e. The lowest BCUT2D eigenvalue weighted by Gasteiger charge is -2.13. The summed E-state index contributed by atoms with van der Waals surface area (Å²) in [6, 6.07) is 0.311. The minimum absolute atomic E-state index is 0.146. The maximum absolute atomic E-state index is 11.9. The molecule has 3 N–H and O–H groups in total. The summed E-state index contributed by atoms with van der Waals surface area (Å²) >= 11 is 1.17. The number of aliphatic hydroxyl groups excluding tert-OH is 1. The normalized spacial score (nSPS) is 12.2. The molecule has 1 amide bonds. The molecule has 0 aliphatic heterocycles. The van der Waals surface area contributed by atoms with Crippen molar-refractivity contribution in [1.29, 1.82) is 0 Å². The third-order valence-corrected chi connectivity index (χ3v) is 3.65. The first kappa shape index (κ1) is 18.6. The minimum Gasteiger partial charge on any atom is -0.467 e. The first-order valence-corrected chi connectivity index (χ1v) is 8.23. The Hall–Kier alpha value is -1.44. The molecule has 0 aromatic carbocycles. The Kier molecular flexibility index (Phi) is 8.72. The van der Waals surface area contributed by atoms with E-state index in [-0.39, 0.29) is 12.5 Å². The van der Waals surface area contributed by atoms with Crippen LogP contribution in [-0.2, 0) is 0 Å². The van der Waals surface area contributed by atoms with Crippen LogP contribution in [0.3, 0.4) is 0 Å². The monoisotopic (exact) mass is 327 g/mol. The molecule has 0 bridgehead atoms. The molecule has 22 heavy (non-hydrogen) atoms. The maximum Gasteiger partial charge on any atom is 0.273 e. The molecule has 1 aromatic heterocycles. The van der Waals surface area contributed by atoms with Crippen molar-refractivity contribution < 1.29 is 14.6 Å². The first-order valence-electron chi connectivity index (χ1n) is 7.42. The number of unbranched alkanes of at least 4 members (excludes halogenated alkanes) is 1. The molecule has 0 fully saturated rings. The highest BCUT2D eigenvalue weighted by atomic mass is 32.1. The molecule has 124 valence electrons. The van der Waals surface area contributed by atoms with Crippen molar-refractivity contribution in [3.63, 3.8) is 0 Å². The van der Waals surface area contributed by atoms with Crippen LogP contribution in [0.25, 0.3) is 0 Å². The van der Waals surface area contributed by atoms with E-state index in [9.17, 15) is 9.90 Å². The highest BCUT2D eigenvalue weighted by molar-refractivity contribution is 7.15. The molecule has 1 rings (SSSR count). The Morgan fingerprint density at radius 3 is 3.05 bits per heavy atom. The van der Waals surface area contributed by atoms with Crippen LogP contribution in [0.4, 0.5) is 0 Å². The lowest BCUT2D eigenvalue weighted by atomic mass is 10.3. The van der Waals surface area contributed by atoms with Gasteiger partial charge in [0.05, 0.1) is 6.20 Å². The number of amides is 1. The van der Waals surface area contributed by atoms with Gasteiger partial charge in [0, 0.05) is 19.1 Å². The lowest BCUT2D eigenvalue weighted by molar-refractivity contribution is 0.0957. The van der Waals surface area contributed by atoms with E-state index in [4.69, 9.17) is 4.74 Å². The number of nitrogens with one attached hydrogen (secondary N) is 2. The van der Waals surface area contributed by atoms with Gasteiger partial charge in [0.25, 0.3) is 11.1 Å². The van der Waals surface area contributed by atoms with Crippen LogP contribution >= 0.6 is 11.3 Å². The zero-order chi connectivity index (χ0) is 16.4. The van der Waals surface area contributed by atoms with E-state index in [0.717, 1.165) is 12.8 Å². The zero-order valence-corrected chi connectivity index (χ0v) is 14.0. The van der Waals surface area contributed by atoms with Crippen molar-refractivity contribution in [2.45, 2.75) is 38.8 Å². The SMILES string of the molecule is C=CCCCNC(=O)c1cnc(OCC(O)CNC(C)C)s1. The van der Waals surface area contributed by atoms with Gasteiger partial charge in [0.2, 0.25) is 0 Å². The fourth-order valence-electron chi connectivity index (χ4n) is 1.56. The van der Waals surface area contributed by atoms with Crippen LogP contribution in [0.5, 0.6) is 5.19 Å². The van der Waals surface area contributed by atoms with Gasteiger partial charge >= 0.3 is 0 Å². The zero-order valence-electron chi connectivity index (χ0n) is 13.2. The fourth-order valence-corrected chi connectivity index (χ4v) is 2.25. The summed E-state index contributed by atoms with van der Waals surface area (Å²) < 4.78 is 5.40. The van der Waals surface area contributed by atoms with E-state index in [2.05, 4.69) is 22.2 Å². The summed E-state index contributed by atoms with van der Waals surface area (Å²) in [4.78, 5) is 16.4. The molecular formula is C15H25N3O3S. The highest BCUT2D eigenvalue weighted by Crippen LogP contribution is 2.20. The Bertz CT molecular complexity index is 463. The third kappa shape index (κ3) is 7.53. The first-order chi connectivity index (χ1) is 10.5. The molecule has 0 saturated carbocycles. The second-order valence-electron chi connectivity index (χ2n) is 5.21. The van der Waals surface area contributed by atoms with Crippen LogP contribution in [0, 0.1) is 0 Å². The van der Waals surface area contributed by atoms with Gasteiger partial charge < -0.3 is 20.5 Å². The molecule has 0 aliphatic rings. The van der Waals surface area contributed by atoms with Crippen LogP contribution in [0.1, 0.15) is 36.4 Å². The second-order valence-corrected chi connectivity index (χ2v) is 6.20. The predicted molar refractivity (Wildman–Crippen MR) is 88.5 cm³/mol. The molecule has 7 heteroatoms. The largest absolute Gasteiger partial charge is 0.467 e. The van der Waals surface area contributed by atoms with E-state index in [1.54, 1.807) is 0 Å². The third-order valence-electron chi connectivity index (χ3n) is 2.74. The number of aliphatic hydroxyl groups is 1. The van der Waals surface area contributed by atoms with Gasteiger partial charge in [-0.3, -0.25) is 4.79 Å². The van der Waals surface area contributed by atoms with Crippen LogP contribution < -0.4 is 15.4 Å². The van der Waals surface area contributed by atoms with Crippen molar-refractivity contribution in [1.82, 2.24) is 15.6 Å². The summed E-state index contributed by atoms with van der Waals surface area (Å²) in [5.41, 5.74) is 0. The molecule has 0 spiro atoms. The van der Waals surface area contributed by atoms with Crippen LogP contribution in [-0.4, -0.2) is 47.8 Å². The van der Waals surface area contributed by atoms with E-state index >= 15 is 0 Å². The second kappa shape index (κ2) is 10.3. The molecule has 0 saturated heterocycles. The predicted octanol–water partition coefficient (Wildman–Crippen LogP) is 1.58. The number of hydrogen-bond donors (Lipinski definition) is 3. The van der Waals surface area contributed by atoms with Gasteiger partial charge in [0.15, 0.2) is 0 Å². The Balaban J connectivity index is 2.31. The summed E-state index contributed by atoms with van der Waals surface area (Å²) in [5.74, 6) is -0.154. The molecule has 1 aromatic rings. The number of aromatic nitrogens is 1. The van der Waals surface area contributed by atoms with Gasteiger partial charge in [0.1, 0.15) is 17.6 Å². The molecule has 1 atom stereocenters. The van der Waals surface area contributed by atoms with Crippen LogP contribution in [0.15, 0.2) is 18.9 Å². The number of thiazole rings is 1. The molecule has 1 unspecified atom stereocenters. The topological polar surface area (TPSA) is 83.5 Å². The van der Waals surface area contributed by atoms with E-state index in [1.807, 2.05) is 19.9 Å². The average molecular weight is 327 g/mol. The number of allylic oxidation sites excluding steroid dienone is 1. The number of hydrogen-bond acceptors (Lipinski definition) is 6. The molecule has 6 nitrogen and oxygen atoms in total. The van der Waals surface area contributed by atoms with Gasteiger partial charge in [-0.05, 0) is 12.8 Å². The highest BCUT2D eigenvalue weighted by Gasteiger charge is 2.12. The van der Waals surface area contributed by atoms with Gasteiger partial charge in [-0.1, -0.05) is 31.3 Å². The fraction of sp³-hybridized carbons (Fsp3) is 0.600. The number of rotatable bonds is 11. The number of carbonyl (C=O) groups is 1. The quantitative estimate of drug-likeness (QED) is 0.424. The van der Waals surface area contributed by atoms with Crippen molar-refractivity contribution >= 4 is 17.2 Å². The summed E-state index contributed by atoms with van der Waals surface area (Å²) in [5, 5.41) is 16.1. The van der Waals surface area contributed by atoms with Gasteiger partial charge in [-0.2, -0.15) is 0 Å². The van der Waals surface area contributed by atoms with Gasteiger partial charge in [-0.25, -0.2) is 4.98 Å².